The van der Waals surface area contributed by atoms with Crippen molar-refractivity contribution in [3.8, 4) is 5.75 Å². The van der Waals surface area contributed by atoms with Gasteiger partial charge in [0.2, 0.25) is 0 Å². The second kappa shape index (κ2) is 8.56. The minimum absolute atomic E-state index is 0.141. The quantitative estimate of drug-likeness (QED) is 0.676. The van der Waals surface area contributed by atoms with Gasteiger partial charge in [0.15, 0.2) is 0 Å². The lowest BCUT2D eigenvalue weighted by Gasteiger charge is -2.36. The number of nitrogens with one attached hydrogen (secondary N) is 1. The number of aliphatic carboxylic acids is 1. The average molecular weight is 387 g/mol. The molecular formula is C23H34N2O3. The highest BCUT2D eigenvalue weighted by Gasteiger charge is 2.30. The number of aryl methyl sites for hydroxylation is 1. The number of carboxylic acid groups (broad SMARTS) is 1. The second-order valence-electron chi connectivity index (χ2n) is 9.23. The number of benzene rings is 1. The van der Waals surface area contributed by atoms with Crippen LogP contribution in [0.25, 0.3) is 10.9 Å². The topological polar surface area (TPSA) is 63.5 Å². The number of rotatable bonds is 7. The van der Waals surface area contributed by atoms with Gasteiger partial charge in [-0.05, 0) is 54.7 Å². The van der Waals surface area contributed by atoms with Crippen LogP contribution in [0.4, 0.5) is 0 Å². The maximum absolute atomic E-state index is 10.6. The monoisotopic (exact) mass is 386 g/mol. The molecule has 0 bridgehead atoms. The molecule has 1 aromatic carbocycles. The molecular weight excluding hydrogens is 352 g/mol. The van der Waals surface area contributed by atoms with Crippen molar-refractivity contribution in [3.63, 3.8) is 0 Å². The van der Waals surface area contributed by atoms with Crippen molar-refractivity contribution >= 4 is 16.9 Å². The van der Waals surface area contributed by atoms with Gasteiger partial charge in [-0.2, -0.15) is 0 Å². The number of hydrogen-bond acceptors (Lipinski definition) is 3. The van der Waals surface area contributed by atoms with Crippen molar-refractivity contribution in [1.82, 2.24) is 9.88 Å². The Morgan fingerprint density at radius 2 is 1.96 bits per heavy atom. The van der Waals surface area contributed by atoms with Crippen molar-refractivity contribution in [1.29, 1.82) is 0 Å². The molecule has 5 heteroatoms. The van der Waals surface area contributed by atoms with Crippen molar-refractivity contribution in [3.05, 3.63) is 30.0 Å². The summed E-state index contributed by atoms with van der Waals surface area (Å²) in [5, 5.41) is 13.1. The molecule has 28 heavy (non-hydrogen) atoms. The predicted molar refractivity (Wildman–Crippen MR) is 113 cm³/mol. The molecule has 0 saturated heterocycles. The SMILES string of the molecule is Cn1cc(O[C@H]2CC[C@H](C(C)(C)C)CC2)c2ccc(CNCCC(=O)O)cc21. The lowest BCUT2D eigenvalue weighted by molar-refractivity contribution is -0.136. The van der Waals surface area contributed by atoms with E-state index >= 15 is 0 Å². The van der Waals surface area contributed by atoms with E-state index in [1.54, 1.807) is 0 Å². The van der Waals surface area contributed by atoms with E-state index in [1.165, 1.54) is 12.8 Å². The molecule has 1 aliphatic rings. The first-order chi connectivity index (χ1) is 13.2. The highest BCUT2D eigenvalue weighted by atomic mass is 16.5. The highest BCUT2D eigenvalue weighted by Crippen LogP contribution is 2.39. The Balaban J connectivity index is 1.63. The molecule has 0 atom stereocenters. The molecule has 0 spiro atoms. The Morgan fingerprint density at radius 3 is 2.61 bits per heavy atom. The molecule has 0 aliphatic heterocycles. The largest absolute Gasteiger partial charge is 0.488 e. The van der Waals surface area contributed by atoms with E-state index < -0.39 is 5.97 Å². The van der Waals surface area contributed by atoms with Gasteiger partial charge in [0.05, 0.1) is 18.0 Å². The van der Waals surface area contributed by atoms with Gasteiger partial charge in [-0.15, -0.1) is 0 Å². The number of nitrogens with zero attached hydrogens (tertiary/aromatic N) is 1. The van der Waals surface area contributed by atoms with Crippen LogP contribution in [0, 0.1) is 11.3 Å². The zero-order valence-corrected chi connectivity index (χ0v) is 17.6. The van der Waals surface area contributed by atoms with Crippen LogP contribution >= 0.6 is 0 Å². The van der Waals surface area contributed by atoms with Crippen molar-refractivity contribution in [2.45, 2.75) is 65.5 Å². The summed E-state index contributed by atoms with van der Waals surface area (Å²) < 4.78 is 8.53. The maximum atomic E-state index is 10.6. The van der Waals surface area contributed by atoms with Crippen LogP contribution in [0.1, 0.15) is 58.4 Å². The first kappa shape index (κ1) is 20.7. The first-order valence-corrected chi connectivity index (χ1v) is 10.4. The van der Waals surface area contributed by atoms with E-state index in [0.717, 1.165) is 41.0 Å². The fourth-order valence-corrected chi connectivity index (χ4v) is 4.25. The molecule has 1 fully saturated rings. The van der Waals surface area contributed by atoms with E-state index in [1.807, 2.05) is 7.05 Å². The summed E-state index contributed by atoms with van der Waals surface area (Å²) >= 11 is 0. The maximum Gasteiger partial charge on any atom is 0.304 e. The Hall–Kier alpha value is -2.01. The Kier molecular flexibility index (Phi) is 6.33. The number of carboxylic acids is 1. The normalized spacial score (nSPS) is 20.4. The van der Waals surface area contributed by atoms with Crippen LogP contribution in [-0.2, 0) is 18.4 Å². The number of aromatic nitrogens is 1. The summed E-state index contributed by atoms with van der Waals surface area (Å²) in [5.74, 6) is 0.988. The van der Waals surface area contributed by atoms with Crippen LogP contribution < -0.4 is 10.1 Å². The van der Waals surface area contributed by atoms with Crippen LogP contribution in [0.5, 0.6) is 5.75 Å². The Bertz CT molecular complexity index is 811. The molecule has 1 aromatic heterocycles. The summed E-state index contributed by atoms with van der Waals surface area (Å²) in [6, 6.07) is 6.38. The Morgan fingerprint density at radius 1 is 1.25 bits per heavy atom. The van der Waals surface area contributed by atoms with Gasteiger partial charge in [-0.25, -0.2) is 0 Å². The summed E-state index contributed by atoms with van der Waals surface area (Å²) in [6.45, 7) is 8.18. The fraction of sp³-hybridized carbons (Fsp3) is 0.609. The van der Waals surface area contributed by atoms with E-state index in [9.17, 15) is 4.79 Å². The van der Waals surface area contributed by atoms with Gasteiger partial charge in [-0.1, -0.05) is 26.8 Å². The zero-order chi connectivity index (χ0) is 20.3. The van der Waals surface area contributed by atoms with Gasteiger partial charge in [0, 0.05) is 31.7 Å². The zero-order valence-electron chi connectivity index (χ0n) is 17.6. The highest BCUT2D eigenvalue weighted by molar-refractivity contribution is 5.87. The van der Waals surface area contributed by atoms with Crippen LogP contribution in [-0.4, -0.2) is 28.3 Å². The Labute approximate surface area is 168 Å². The minimum atomic E-state index is -0.774. The number of ether oxygens (including phenoxy) is 1. The summed E-state index contributed by atoms with van der Waals surface area (Å²) in [7, 11) is 2.05. The van der Waals surface area contributed by atoms with Crippen LogP contribution in [0.2, 0.25) is 0 Å². The third kappa shape index (κ3) is 5.07. The van der Waals surface area contributed by atoms with Gasteiger partial charge in [0.1, 0.15) is 5.75 Å². The second-order valence-corrected chi connectivity index (χ2v) is 9.23. The summed E-state index contributed by atoms with van der Waals surface area (Å²) in [4.78, 5) is 10.6. The van der Waals surface area contributed by atoms with Gasteiger partial charge >= 0.3 is 5.97 Å². The average Bonchev–Trinajstić information content (AvgIpc) is 2.93. The molecule has 0 radical (unpaired) electrons. The van der Waals surface area contributed by atoms with E-state index in [0.29, 0.717) is 24.6 Å². The number of fused-ring (bicyclic) bond motifs is 1. The fourth-order valence-electron chi connectivity index (χ4n) is 4.25. The van der Waals surface area contributed by atoms with E-state index in [2.05, 4.69) is 55.1 Å². The molecule has 2 aromatic rings. The number of hydrogen-bond donors (Lipinski definition) is 2. The van der Waals surface area contributed by atoms with Crippen molar-refractivity contribution < 1.29 is 14.6 Å². The molecule has 3 rings (SSSR count). The van der Waals surface area contributed by atoms with Gasteiger partial charge in [0.25, 0.3) is 0 Å². The smallest absolute Gasteiger partial charge is 0.304 e. The lowest BCUT2D eigenvalue weighted by Crippen LogP contribution is -2.30. The lowest BCUT2D eigenvalue weighted by atomic mass is 9.72. The first-order valence-electron chi connectivity index (χ1n) is 10.4. The molecule has 0 unspecified atom stereocenters. The van der Waals surface area contributed by atoms with Gasteiger partial charge < -0.3 is 19.7 Å². The van der Waals surface area contributed by atoms with Crippen LogP contribution in [0.15, 0.2) is 24.4 Å². The molecule has 0 amide bonds. The molecule has 1 saturated carbocycles. The van der Waals surface area contributed by atoms with E-state index in [-0.39, 0.29) is 6.42 Å². The standard InChI is InChI=1S/C23H34N2O3/c1-23(2,3)17-6-8-18(9-7-17)28-21-15-25(4)20-13-16(5-10-19(20)21)14-24-12-11-22(26)27/h5,10,13,15,17-18,24H,6-9,11-12,14H2,1-4H3,(H,26,27)/t17-,18-. The predicted octanol–water partition coefficient (Wildman–Crippen LogP) is 4.73. The van der Waals surface area contributed by atoms with E-state index in [4.69, 9.17) is 9.84 Å². The number of carbonyl (C=O) groups is 1. The molecule has 1 aliphatic carbocycles. The van der Waals surface area contributed by atoms with Crippen molar-refractivity contribution in [2.24, 2.45) is 18.4 Å². The molecule has 2 N–H and O–H groups in total. The molecule has 5 nitrogen and oxygen atoms in total. The summed E-state index contributed by atoms with van der Waals surface area (Å²) in [6.07, 6.45) is 7.27. The molecule has 154 valence electrons. The van der Waals surface area contributed by atoms with Crippen molar-refractivity contribution in [2.75, 3.05) is 6.54 Å². The summed E-state index contributed by atoms with van der Waals surface area (Å²) in [5.41, 5.74) is 2.69. The van der Waals surface area contributed by atoms with Gasteiger partial charge in [-0.3, -0.25) is 4.79 Å². The minimum Gasteiger partial charge on any atom is -0.488 e. The third-order valence-electron chi connectivity index (χ3n) is 6.06. The third-order valence-corrected chi connectivity index (χ3v) is 6.06. The molecule has 1 heterocycles. The van der Waals surface area contributed by atoms with Crippen LogP contribution in [0.3, 0.4) is 0 Å².